The van der Waals surface area contributed by atoms with Crippen LogP contribution in [0.25, 0.3) is 0 Å². The fraction of sp³-hybridized carbons (Fsp3) is 0. The molecule has 92 valence electrons. The van der Waals surface area contributed by atoms with Gasteiger partial charge < -0.3 is 5.32 Å². The molecular formula is C8H5FN6O3. The zero-order chi connectivity index (χ0) is 13.1. The molecule has 2 aromatic rings. The number of halogens is 1. The summed E-state index contributed by atoms with van der Waals surface area (Å²) in [5.74, 6) is -1.94. The molecule has 10 heteroatoms. The minimum atomic E-state index is -0.988. The van der Waals surface area contributed by atoms with Crippen LogP contribution in [-0.2, 0) is 0 Å². The van der Waals surface area contributed by atoms with Crippen molar-refractivity contribution in [1.29, 1.82) is 0 Å². The van der Waals surface area contributed by atoms with E-state index < -0.39 is 22.3 Å². The average Bonchev–Trinajstić information content (AvgIpc) is 2.85. The Balaban J connectivity index is 2.22. The number of nitro groups is 1. The normalized spacial score (nSPS) is 10.1. The van der Waals surface area contributed by atoms with Crippen LogP contribution in [0.2, 0.25) is 0 Å². The second kappa shape index (κ2) is 4.53. The number of rotatable bonds is 3. The molecule has 9 nitrogen and oxygen atoms in total. The quantitative estimate of drug-likeness (QED) is 0.604. The molecule has 0 fully saturated rings. The molecule has 0 unspecified atom stereocenters. The van der Waals surface area contributed by atoms with Crippen molar-refractivity contribution in [1.82, 2.24) is 20.6 Å². The number of carbonyl (C=O) groups excluding carboxylic acids is 1. The lowest BCUT2D eigenvalue weighted by molar-refractivity contribution is -0.387. The molecule has 0 aliphatic heterocycles. The SMILES string of the molecule is O=C(Nc1ccc(F)c([N+](=O)[O-])c1)c1nn[nH]n1. The molecule has 0 aliphatic rings. The third-order valence-electron chi connectivity index (χ3n) is 1.95. The number of benzene rings is 1. The largest absolute Gasteiger partial charge is 0.319 e. The molecule has 1 aromatic heterocycles. The Morgan fingerprint density at radius 1 is 1.50 bits per heavy atom. The van der Waals surface area contributed by atoms with Gasteiger partial charge in [0.2, 0.25) is 5.82 Å². The van der Waals surface area contributed by atoms with E-state index in [4.69, 9.17) is 0 Å². The average molecular weight is 252 g/mol. The topological polar surface area (TPSA) is 127 Å². The van der Waals surface area contributed by atoms with Gasteiger partial charge in [0.05, 0.1) is 4.92 Å². The summed E-state index contributed by atoms with van der Waals surface area (Å²) in [5, 5.41) is 24.9. The summed E-state index contributed by atoms with van der Waals surface area (Å²) in [7, 11) is 0. The van der Waals surface area contributed by atoms with E-state index in [1.165, 1.54) is 6.07 Å². The van der Waals surface area contributed by atoms with E-state index in [9.17, 15) is 19.3 Å². The number of aromatic amines is 1. The molecule has 18 heavy (non-hydrogen) atoms. The number of tetrazole rings is 1. The van der Waals surface area contributed by atoms with Gasteiger partial charge in [0.15, 0.2) is 0 Å². The van der Waals surface area contributed by atoms with Crippen LogP contribution in [0, 0.1) is 15.9 Å². The summed E-state index contributed by atoms with van der Waals surface area (Å²) in [4.78, 5) is 21.1. The van der Waals surface area contributed by atoms with Crippen molar-refractivity contribution < 1.29 is 14.1 Å². The van der Waals surface area contributed by atoms with Crippen molar-refractivity contribution in [3.05, 3.63) is 40.0 Å². The maximum absolute atomic E-state index is 13.0. The van der Waals surface area contributed by atoms with Crippen LogP contribution < -0.4 is 5.32 Å². The maximum atomic E-state index is 13.0. The van der Waals surface area contributed by atoms with Crippen LogP contribution in [0.15, 0.2) is 18.2 Å². The highest BCUT2D eigenvalue weighted by molar-refractivity contribution is 6.01. The molecule has 1 aromatic carbocycles. The number of carbonyl (C=O) groups is 1. The monoisotopic (exact) mass is 252 g/mol. The summed E-state index contributed by atoms with van der Waals surface area (Å²) in [6.45, 7) is 0. The molecule has 0 bridgehead atoms. The minimum Gasteiger partial charge on any atom is -0.319 e. The van der Waals surface area contributed by atoms with Crippen LogP contribution >= 0.6 is 0 Å². The molecule has 2 rings (SSSR count). The van der Waals surface area contributed by atoms with Gasteiger partial charge in [-0.3, -0.25) is 14.9 Å². The molecule has 1 heterocycles. The summed E-state index contributed by atoms with van der Waals surface area (Å²) in [5.41, 5.74) is -0.682. The fourth-order valence-corrected chi connectivity index (χ4v) is 1.18. The fourth-order valence-electron chi connectivity index (χ4n) is 1.18. The lowest BCUT2D eigenvalue weighted by Crippen LogP contribution is -2.14. The van der Waals surface area contributed by atoms with Gasteiger partial charge in [0.25, 0.3) is 11.7 Å². The van der Waals surface area contributed by atoms with Crippen LogP contribution in [0.4, 0.5) is 15.8 Å². The second-order valence-electron chi connectivity index (χ2n) is 3.11. The maximum Gasteiger partial charge on any atom is 0.306 e. The number of nitrogens with zero attached hydrogens (tertiary/aromatic N) is 4. The highest BCUT2D eigenvalue weighted by Gasteiger charge is 2.17. The van der Waals surface area contributed by atoms with E-state index in [1.54, 1.807) is 0 Å². The van der Waals surface area contributed by atoms with E-state index in [-0.39, 0.29) is 11.5 Å². The van der Waals surface area contributed by atoms with E-state index in [0.29, 0.717) is 0 Å². The molecule has 1 amide bonds. The van der Waals surface area contributed by atoms with Crippen molar-refractivity contribution >= 4 is 17.3 Å². The Kier molecular flexibility index (Phi) is 2.91. The predicted octanol–water partition coefficient (Wildman–Crippen LogP) is 0.499. The number of hydrogen-bond acceptors (Lipinski definition) is 6. The van der Waals surface area contributed by atoms with Crippen molar-refractivity contribution in [3.8, 4) is 0 Å². The molecular weight excluding hydrogens is 247 g/mol. The van der Waals surface area contributed by atoms with Crippen LogP contribution in [0.3, 0.4) is 0 Å². The Labute approximate surface area is 98.2 Å². The standard InChI is InChI=1S/C8H5FN6O3/c9-5-2-1-4(3-6(5)15(17)18)10-8(16)7-11-13-14-12-7/h1-3H,(H,10,16)(H,11,12,13,14). The molecule has 2 N–H and O–H groups in total. The lowest BCUT2D eigenvalue weighted by atomic mass is 10.2. The summed E-state index contributed by atoms with van der Waals surface area (Å²) < 4.78 is 13.0. The Hall–Kier alpha value is -2.91. The first-order valence-electron chi connectivity index (χ1n) is 4.56. The minimum absolute atomic E-state index is 0.0536. The first-order valence-corrected chi connectivity index (χ1v) is 4.56. The van der Waals surface area contributed by atoms with Gasteiger partial charge in [-0.05, 0) is 17.3 Å². The Morgan fingerprint density at radius 2 is 2.28 bits per heavy atom. The zero-order valence-corrected chi connectivity index (χ0v) is 8.62. The second-order valence-corrected chi connectivity index (χ2v) is 3.11. The van der Waals surface area contributed by atoms with Crippen LogP contribution in [-0.4, -0.2) is 31.5 Å². The third kappa shape index (κ3) is 2.26. The number of aromatic nitrogens is 4. The van der Waals surface area contributed by atoms with Crippen molar-refractivity contribution in [2.75, 3.05) is 5.32 Å². The molecule has 0 radical (unpaired) electrons. The number of nitrogens with one attached hydrogen (secondary N) is 2. The van der Waals surface area contributed by atoms with Crippen LogP contribution in [0.5, 0.6) is 0 Å². The summed E-state index contributed by atoms with van der Waals surface area (Å²) in [6, 6.07) is 2.96. The van der Waals surface area contributed by atoms with Gasteiger partial charge in [-0.1, -0.05) is 0 Å². The number of H-pyrrole nitrogens is 1. The molecule has 0 saturated carbocycles. The van der Waals surface area contributed by atoms with Gasteiger partial charge >= 0.3 is 5.69 Å². The third-order valence-corrected chi connectivity index (χ3v) is 1.95. The number of nitro benzene ring substituents is 1. The summed E-state index contributed by atoms with van der Waals surface area (Å²) >= 11 is 0. The molecule has 0 aliphatic carbocycles. The van der Waals surface area contributed by atoms with E-state index in [1.807, 2.05) is 0 Å². The van der Waals surface area contributed by atoms with Crippen molar-refractivity contribution in [3.63, 3.8) is 0 Å². The lowest BCUT2D eigenvalue weighted by Gasteiger charge is -2.02. The molecule has 0 atom stereocenters. The van der Waals surface area contributed by atoms with Crippen LogP contribution in [0.1, 0.15) is 10.6 Å². The predicted molar refractivity (Wildman–Crippen MR) is 55.2 cm³/mol. The van der Waals surface area contributed by atoms with Gasteiger partial charge in [-0.2, -0.15) is 9.60 Å². The smallest absolute Gasteiger partial charge is 0.306 e. The van der Waals surface area contributed by atoms with Gasteiger partial charge in [-0.25, -0.2) is 0 Å². The first kappa shape index (κ1) is 11.6. The Morgan fingerprint density at radius 3 is 2.89 bits per heavy atom. The van der Waals surface area contributed by atoms with Crippen molar-refractivity contribution in [2.45, 2.75) is 0 Å². The highest BCUT2D eigenvalue weighted by Crippen LogP contribution is 2.21. The number of anilines is 1. The Bertz CT molecular complexity index is 599. The van der Waals surface area contributed by atoms with Gasteiger partial charge in [0.1, 0.15) is 0 Å². The summed E-state index contributed by atoms with van der Waals surface area (Å²) in [6.07, 6.45) is 0. The van der Waals surface area contributed by atoms with E-state index >= 15 is 0 Å². The molecule has 0 saturated heterocycles. The number of hydrogen-bond donors (Lipinski definition) is 2. The highest BCUT2D eigenvalue weighted by atomic mass is 19.1. The zero-order valence-electron chi connectivity index (χ0n) is 8.62. The molecule has 0 spiro atoms. The van der Waals surface area contributed by atoms with Gasteiger partial charge in [0, 0.05) is 11.8 Å². The van der Waals surface area contributed by atoms with Crippen molar-refractivity contribution in [2.24, 2.45) is 0 Å². The van der Waals surface area contributed by atoms with Gasteiger partial charge in [-0.15, -0.1) is 10.2 Å². The number of amides is 1. The first-order chi connectivity index (χ1) is 8.58. The van der Waals surface area contributed by atoms with E-state index in [0.717, 1.165) is 12.1 Å². The van der Waals surface area contributed by atoms with E-state index in [2.05, 4.69) is 25.9 Å².